The third-order valence-electron chi connectivity index (χ3n) is 6.05. The van der Waals surface area contributed by atoms with Crippen molar-refractivity contribution in [1.29, 1.82) is 0 Å². The molecule has 2 aromatic carbocycles. The molecule has 1 heteroatoms. The lowest BCUT2D eigenvalue weighted by atomic mass is 9.88. The van der Waals surface area contributed by atoms with E-state index in [0.717, 1.165) is 18.9 Å². The Morgan fingerprint density at radius 3 is 2.44 bits per heavy atom. The van der Waals surface area contributed by atoms with E-state index in [4.69, 9.17) is 0 Å². The van der Waals surface area contributed by atoms with Crippen LogP contribution in [0.3, 0.4) is 0 Å². The van der Waals surface area contributed by atoms with Gasteiger partial charge in [-0.05, 0) is 42.9 Å². The molecular weight excluding hydrogens is 326 g/mol. The van der Waals surface area contributed by atoms with E-state index >= 15 is 0 Å². The predicted octanol–water partition coefficient (Wildman–Crippen LogP) is 7.71. The molecule has 3 aromatic rings. The Morgan fingerprint density at radius 2 is 1.74 bits per heavy atom. The first-order valence-corrected chi connectivity index (χ1v) is 10.8. The number of para-hydroxylation sites is 1. The normalized spacial score (nSPS) is 13.8. The lowest BCUT2D eigenvalue weighted by Crippen LogP contribution is -2.09. The summed E-state index contributed by atoms with van der Waals surface area (Å²) in [6, 6.07) is 18.0. The smallest absolute Gasteiger partial charge is 0.0483 e. The third kappa shape index (κ3) is 4.46. The van der Waals surface area contributed by atoms with Crippen molar-refractivity contribution < 1.29 is 0 Å². The monoisotopic (exact) mass is 361 g/mol. The van der Waals surface area contributed by atoms with Crippen molar-refractivity contribution in [3.05, 3.63) is 71.4 Å². The lowest BCUT2D eigenvalue weighted by Gasteiger charge is -2.17. The minimum atomic E-state index is 0.465. The highest BCUT2D eigenvalue weighted by Gasteiger charge is 2.19. The Bertz CT molecular complexity index is 858. The fraction of sp³-hybridized carbons (Fsp3) is 0.462. The summed E-state index contributed by atoms with van der Waals surface area (Å²) in [5.74, 6) is 1.24. The lowest BCUT2D eigenvalue weighted by molar-refractivity contribution is 0.396. The molecule has 144 valence electrons. The number of aryl methyl sites for hydroxylation is 1. The van der Waals surface area contributed by atoms with Crippen molar-refractivity contribution in [3.8, 4) is 0 Å². The van der Waals surface area contributed by atoms with Gasteiger partial charge in [0.2, 0.25) is 0 Å². The zero-order valence-corrected chi connectivity index (χ0v) is 17.5. The first kappa shape index (κ1) is 19.7. The molecule has 0 N–H and O–H groups in total. The first-order valence-electron chi connectivity index (χ1n) is 10.8. The second-order valence-electron chi connectivity index (χ2n) is 8.05. The molecule has 0 amide bonds. The molecule has 27 heavy (non-hydrogen) atoms. The first-order chi connectivity index (χ1) is 13.2. The van der Waals surface area contributed by atoms with Crippen LogP contribution < -0.4 is 0 Å². The van der Waals surface area contributed by atoms with Crippen molar-refractivity contribution in [1.82, 2.24) is 4.57 Å². The Hall–Kier alpha value is -2.02. The van der Waals surface area contributed by atoms with Gasteiger partial charge in [0.25, 0.3) is 0 Å². The molecule has 1 nitrogen and oxygen atoms in total. The van der Waals surface area contributed by atoms with Crippen LogP contribution in [0.1, 0.15) is 75.5 Å². The summed E-state index contributed by atoms with van der Waals surface area (Å²) in [6.07, 6.45) is 8.81. The summed E-state index contributed by atoms with van der Waals surface area (Å²) < 4.78 is 2.53. The number of benzene rings is 2. The van der Waals surface area contributed by atoms with Crippen molar-refractivity contribution in [2.45, 2.75) is 72.3 Å². The third-order valence-corrected chi connectivity index (χ3v) is 6.05. The maximum absolute atomic E-state index is 2.53. The van der Waals surface area contributed by atoms with Gasteiger partial charge < -0.3 is 4.57 Å². The summed E-state index contributed by atoms with van der Waals surface area (Å²) in [6.45, 7) is 10.3. The Balaban J connectivity index is 2.01. The summed E-state index contributed by atoms with van der Waals surface area (Å²) in [7, 11) is 0. The molecule has 0 fully saturated rings. The molecule has 0 bridgehead atoms. The van der Waals surface area contributed by atoms with Crippen LogP contribution in [0, 0.1) is 12.8 Å². The van der Waals surface area contributed by atoms with Crippen molar-refractivity contribution in [2.75, 3.05) is 0 Å². The highest BCUT2D eigenvalue weighted by atomic mass is 15.0. The number of hydrogen-bond acceptors (Lipinski definition) is 0. The molecular formula is C26H35N. The van der Waals surface area contributed by atoms with Crippen molar-refractivity contribution in [2.24, 2.45) is 5.92 Å². The maximum atomic E-state index is 2.53. The van der Waals surface area contributed by atoms with Crippen LogP contribution in [-0.4, -0.2) is 4.57 Å². The Morgan fingerprint density at radius 1 is 0.926 bits per heavy atom. The van der Waals surface area contributed by atoms with Gasteiger partial charge in [0, 0.05) is 29.6 Å². The number of rotatable bonds is 9. The van der Waals surface area contributed by atoms with Crippen LogP contribution in [0.15, 0.2) is 54.7 Å². The minimum Gasteiger partial charge on any atom is -0.347 e. The van der Waals surface area contributed by atoms with Gasteiger partial charge in [-0.3, -0.25) is 0 Å². The molecule has 2 unspecified atom stereocenters. The summed E-state index contributed by atoms with van der Waals surface area (Å²) in [4.78, 5) is 0. The van der Waals surface area contributed by atoms with Gasteiger partial charge in [-0.25, -0.2) is 0 Å². The fourth-order valence-electron chi connectivity index (χ4n) is 4.42. The number of fused-ring (bicyclic) bond motifs is 1. The zero-order chi connectivity index (χ0) is 19.2. The van der Waals surface area contributed by atoms with Gasteiger partial charge in [0.15, 0.2) is 0 Å². The highest BCUT2D eigenvalue weighted by Crippen LogP contribution is 2.35. The molecule has 0 spiro atoms. The second kappa shape index (κ2) is 9.26. The van der Waals surface area contributed by atoms with Crippen LogP contribution in [-0.2, 0) is 6.54 Å². The summed E-state index contributed by atoms with van der Waals surface area (Å²) in [5, 5.41) is 1.43. The number of nitrogens with zero attached hydrogens (tertiary/aromatic N) is 1. The van der Waals surface area contributed by atoms with E-state index in [9.17, 15) is 0 Å². The molecule has 2 atom stereocenters. The predicted molar refractivity (Wildman–Crippen MR) is 119 cm³/mol. The average molecular weight is 362 g/mol. The van der Waals surface area contributed by atoms with Gasteiger partial charge in [-0.15, -0.1) is 0 Å². The van der Waals surface area contributed by atoms with E-state index in [2.05, 4.69) is 87.0 Å². The average Bonchev–Trinajstić information content (AvgIpc) is 3.04. The van der Waals surface area contributed by atoms with Crippen LogP contribution in [0.5, 0.6) is 0 Å². The van der Waals surface area contributed by atoms with Crippen molar-refractivity contribution >= 4 is 10.9 Å². The molecule has 3 rings (SSSR count). The molecule has 0 radical (unpaired) electrons. The molecule has 1 heterocycles. The van der Waals surface area contributed by atoms with E-state index in [0.29, 0.717) is 5.92 Å². The topological polar surface area (TPSA) is 4.93 Å². The number of hydrogen-bond donors (Lipinski definition) is 0. The van der Waals surface area contributed by atoms with Gasteiger partial charge >= 0.3 is 0 Å². The highest BCUT2D eigenvalue weighted by molar-refractivity contribution is 5.85. The van der Waals surface area contributed by atoms with Crippen LogP contribution >= 0.6 is 0 Å². The zero-order valence-electron chi connectivity index (χ0n) is 17.5. The number of aromatic nitrogens is 1. The van der Waals surface area contributed by atoms with E-state index in [1.165, 1.54) is 53.3 Å². The second-order valence-corrected chi connectivity index (χ2v) is 8.05. The molecule has 0 aliphatic carbocycles. The molecule has 1 aromatic heterocycles. The van der Waals surface area contributed by atoms with Gasteiger partial charge in [0.1, 0.15) is 0 Å². The van der Waals surface area contributed by atoms with E-state index < -0.39 is 0 Å². The van der Waals surface area contributed by atoms with Gasteiger partial charge in [0.05, 0.1) is 0 Å². The van der Waals surface area contributed by atoms with Crippen LogP contribution in [0.4, 0.5) is 0 Å². The summed E-state index contributed by atoms with van der Waals surface area (Å²) >= 11 is 0. The molecule has 0 saturated carbocycles. The fourth-order valence-corrected chi connectivity index (χ4v) is 4.42. The van der Waals surface area contributed by atoms with Gasteiger partial charge in [-0.2, -0.15) is 0 Å². The Labute approximate surface area is 165 Å². The molecule has 0 saturated heterocycles. The van der Waals surface area contributed by atoms with Gasteiger partial charge in [-0.1, -0.05) is 88.1 Å². The van der Waals surface area contributed by atoms with Crippen LogP contribution in [0.2, 0.25) is 0 Å². The van der Waals surface area contributed by atoms with E-state index in [1.54, 1.807) is 0 Å². The minimum absolute atomic E-state index is 0.465. The van der Waals surface area contributed by atoms with E-state index in [1.807, 2.05) is 0 Å². The van der Waals surface area contributed by atoms with Crippen LogP contribution in [0.25, 0.3) is 10.9 Å². The largest absolute Gasteiger partial charge is 0.347 e. The summed E-state index contributed by atoms with van der Waals surface area (Å²) in [5.41, 5.74) is 5.68. The van der Waals surface area contributed by atoms with Crippen molar-refractivity contribution in [3.63, 3.8) is 0 Å². The Kier molecular flexibility index (Phi) is 6.77. The van der Waals surface area contributed by atoms with E-state index in [-0.39, 0.29) is 0 Å². The quantitative estimate of drug-likeness (QED) is 0.368. The molecule has 0 aliphatic rings. The SMILES string of the molecule is CCCCC(CC)Cn1cc(C(CC)c2cccc(C)c2)c2ccccc21. The standard InChI is InChI=1S/C26H35N/c1-5-8-13-21(6-2)18-27-19-25(24-15-9-10-16-26(24)27)23(7-3)22-14-11-12-20(4)17-22/h9-12,14-17,19,21,23H,5-8,13,18H2,1-4H3. The maximum Gasteiger partial charge on any atom is 0.0483 e. The molecule has 0 aliphatic heterocycles. The number of unbranched alkanes of at least 4 members (excludes halogenated alkanes) is 1.